The number of rotatable bonds is 5. The van der Waals surface area contributed by atoms with Gasteiger partial charge in [0.05, 0.1) is 17.6 Å². The highest BCUT2D eigenvalue weighted by Crippen LogP contribution is 2.11. The van der Waals surface area contributed by atoms with Gasteiger partial charge in [0, 0.05) is 22.6 Å². The summed E-state index contributed by atoms with van der Waals surface area (Å²) in [7, 11) is 0. The molecule has 1 aromatic carbocycles. The van der Waals surface area contributed by atoms with Crippen LogP contribution in [0.4, 0.5) is 5.69 Å². The molecule has 0 aliphatic heterocycles. The van der Waals surface area contributed by atoms with Crippen LogP contribution in [0.1, 0.15) is 10.4 Å². The summed E-state index contributed by atoms with van der Waals surface area (Å²) in [6.07, 6.45) is 1.64. The number of carbonyl (C=O) groups is 1. The average Bonchev–Trinajstić information content (AvgIpc) is 2.92. The lowest BCUT2D eigenvalue weighted by Crippen LogP contribution is -2.19. The third-order valence-corrected chi connectivity index (χ3v) is 3.28. The Kier molecular flexibility index (Phi) is 4.56. The highest BCUT2D eigenvalue weighted by Gasteiger charge is 2.05. The molecule has 0 aliphatic rings. The van der Waals surface area contributed by atoms with Crippen LogP contribution in [-0.4, -0.2) is 17.0 Å². The minimum atomic E-state index is -0.479. The van der Waals surface area contributed by atoms with Crippen molar-refractivity contribution in [2.24, 2.45) is 5.10 Å². The van der Waals surface area contributed by atoms with E-state index in [0.29, 0.717) is 5.56 Å². The minimum Gasteiger partial charge on any atom is -0.273 e. The van der Waals surface area contributed by atoms with Crippen LogP contribution in [0.15, 0.2) is 46.9 Å². The van der Waals surface area contributed by atoms with Gasteiger partial charge in [-0.2, -0.15) is 5.10 Å². The quantitative estimate of drug-likeness (QED) is 0.521. The van der Waals surface area contributed by atoms with E-state index in [-0.39, 0.29) is 18.0 Å². The summed E-state index contributed by atoms with van der Waals surface area (Å²) < 4.78 is 0. The van der Waals surface area contributed by atoms with E-state index in [1.807, 2.05) is 17.5 Å². The molecular formula is C13H11N3O3S. The lowest BCUT2D eigenvalue weighted by atomic mass is 10.2. The first kappa shape index (κ1) is 13.9. The summed E-state index contributed by atoms with van der Waals surface area (Å²) in [5, 5.41) is 16.3. The largest absolute Gasteiger partial charge is 0.273 e. The van der Waals surface area contributed by atoms with E-state index in [4.69, 9.17) is 0 Å². The van der Waals surface area contributed by atoms with Crippen LogP contribution in [-0.2, 0) is 11.2 Å². The van der Waals surface area contributed by atoms with Gasteiger partial charge in [-0.25, -0.2) is 5.43 Å². The SMILES string of the molecule is O=C(Cc1cccs1)NN=Cc1cccc([N+](=O)[O-])c1. The molecule has 0 aliphatic carbocycles. The van der Waals surface area contributed by atoms with Crippen LogP contribution in [0.2, 0.25) is 0 Å². The van der Waals surface area contributed by atoms with Gasteiger partial charge in [0.15, 0.2) is 0 Å². The van der Waals surface area contributed by atoms with Gasteiger partial charge in [-0.1, -0.05) is 18.2 Å². The molecule has 1 heterocycles. The number of hydrazone groups is 1. The lowest BCUT2D eigenvalue weighted by molar-refractivity contribution is -0.384. The van der Waals surface area contributed by atoms with Gasteiger partial charge in [0.25, 0.3) is 5.69 Å². The molecule has 0 spiro atoms. The number of nitro groups is 1. The van der Waals surface area contributed by atoms with Gasteiger partial charge in [0.1, 0.15) is 0 Å². The maximum absolute atomic E-state index is 11.5. The van der Waals surface area contributed by atoms with E-state index in [2.05, 4.69) is 10.5 Å². The molecule has 7 heteroatoms. The lowest BCUT2D eigenvalue weighted by Gasteiger charge is -1.97. The first-order valence-electron chi connectivity index (χ1n) is 5.74. The van der Waals surface area contributed by atoms with E-state index in [1.54, 1.807) is 12.1 Å². The molecule has 0 radical (unpaired) electrons. The number of nitrogens with zero attached hydrogens (tertiary/aromatic N) is 2. The first-order chi connectivity index (χ1) is 9.65. The highest BCUT2D eigenvalue weighted by atomic mass is 32.1. The Morgan fingerprint density at radius 1 is 1.40 bits per heavy atom. The number of thiophene rings is 1. The van der Waals surface area contributed by atoms with Crippen LogP contribution in [0, 0.1) is 10.1 Å². The Hall–Kier alpha value is -2.54. The molecule has 0 saturated heterocycles. The summed E-state index contributed by atoms with van der Waals surface area (Å²) in [5.74, 6) is -0.228. The molecule has 20 heavy (non-hydrogen) atoms. The second-order valence-electron chi connectivity index (χ2n) is 3.90. The van der Waals surface area contributed by atoms with Crippen molar-refractivity contribution in [2.45, 2.75) is 6.42 Å². The van der Waals surface area contributed by atoms with Crippen LogP contribution in [0.5, 0.6) is 0 Å². The second kappa shape index (κ2) is 6.58. The number of carbonyl (C=O) groups excluding carboxylic acids is 1. The average molecular weight is 289 g/mol. The second-order valence-corrected chi connectivity index (χ2v) is 4.93. The van der Waals surface area contributed by atoms with Crippen molar-refractivity contribution < 1.29 is 9.72 Å². The molecule has 0 saturated carbocycles. The summed E-state index contributed by atoms with van der Waals surface area (Å²) >= 11 is 1.50. The molecule has 1 amide bonds. The Labute approximate surface area is 118 Å². The van der Waals surface area contributed by atoms with E-state index < -0.39 is 4.92 Å². The number of hydrogen-bond acceptors (Lipinski definition) is 5. The summed E-state index contributed by atoms with van der Waals surface area (Å²) in [6.45, 7) is 0. The molecule has 0 fully saturated rings. The van der Waals surface area contributed by atoms with Crippen molar-refractivity contribution in [1.29, 1.82) is 0 Å². The zero-order valence-corrected chi connectivity index (χ0v) is 11.2. The Morgan fingerprint density at radius 3 is 2.95 bits per heavy atom. The van der Waals surface area contributed by atoms with Crippen LogP contribution in [0.25, 0.3) is 0 Å². The summed E-state index contributed by atoms with van der Waals surface area (Å²) in [6, 6.07) is 9.75. The first-order valence-corrected chi connectivity index (χ1v) is 6.62. The molecule has 1 aromatic heterocycles. The fraction of sp³-hybridized carbons (Fsp3) is 0.0769. The maximum Gasteiger partial charge on any atom is 0.270 e. The van der Waals surface area contributed by atoms with E-state index in [0.717, 1.165) is 4.88 Å². The highest BCUT2D eigenvalue weighted by molar-refractivity contribution is 7.10. The Morgan fingerprint density at radius 2 is 2.25 bits per heavy atom. The third kappa shape index (κ3) is 3.99. The molecule has 0 atom stereocenters. The zero-order valence-electron chi connectivity index (χ0n) is 10.4. The third-order valence-electron chi connectivity index (χ3n) is 2.40. The number of nitrogens with one attached hydrogen (secondary N) is 1. The van der Waals surface area contributed by atoms with Gasteiger partial charge in [-0.3, -0.25) is 14.9 Å². The number of non-ortho nitro benzene ring substituents is 1. The van der Waals surface area contributed by atoms with Crippen LogP contribution < -0.4 is 5.43 Å². The maximum atomic E-state index is 11.5. The fourth-order valence-corrected chi connectivity index (χ4v) is 2.21. The van der Waals surface area contributed by atoms with Gasteiger partial charge in [-0.05, 0) is 11.4 Å². The molecule has 102 valence electrons. The number of benzene rings is 1. The van der Waals surface area contributed by atoms with Crippen molar-refractivity contribution in [3.63, 3.8) is 0 Å². The fourth-order valence-electron chi connectivity index (χ4n) is 1.51. The predicted molar refractivity (Wildman–Crippen MR) is 76.9 cm³/mol. The normalized spacial score (nSPS) is 10.6. The molecule has 6 nitrogen and oxygen atoms in total. The van der Waals surface area contributed by atoms with Crippen molar-refractivity contribution in [3.05, 3.63) is 62.3 Å². The topological polar surface area (TPSA) is 84.6 Å². The van der Waals surface area contributed by atoms with Crippen molar-refractivity contribution in [3.8, 4) is 0 Å². The monoisotopic (exact) mass is 289 g/mol. The molecular weight excluding hydrogens is 278 g/mol. The van der Waals surface area contributed by atoms with E-state index in [9.17, 15) is 14.9 Å². The summed E-state index contributed by atoms with van der Waals surface area (Å²) in [5.41, 5.74) is 2.92. The van der Waals surface area contributed by atoms with Crippen LogP contribution in [0.3, 0.4) is 0 Å². The van der Waals surface area contributed by atoms with Gasteiger partial charge < -0.3 is 0 Å². The van der Waals surface area contributed by atoms with Crippen molar-refractivity contribution >= 4 is 29.1 Å². The smallest absolute Gasteiger partial charge is 0.270 e. The summed E-state index contributed by atoms with van der Waals surface area (Å²) in [4.78, 5) is 22.6. The molecule has 0 unspecified atom stereocenters. The molecule has 2 rings (SSSR count). The number of nitro benzene ring substituents is 1. The standard InChI is InChI=1S/C13H11N3O3S/c17-13(8-12-5-2-6-20-12)15-14-9-10-3-1-4-11(7-10)16(18)19/h1-7,9H,8H2,(H,15,17). The van der Waals surface area contributed by atoms with Gasteiger partial charge in [0.2, 0.25) is 5.91 Å². The number of hydrogen-bond donors (Lipinski definition) is 1. The van der Waals surface area contributed by atoms with Crippen LogP contribution >= 0.6 is 11.3 Å². The molecule has 0 bridgehead atoms. The predicted octanol–water partition coefficient (Wildman–Crippen LogP) is 2.35. The van der Waals surface area contributed by atoms with Crippen molar-refractivity contribution in [2.75, 3.05) is 0 Å². The zero-order chi connectivity index (χ0) is 14.4. The minimum absolute atomic E-state index is 0.0149. The molecule has 2 aromatic rings. The Bertz CT molecular complexity index is 638. The van der Waals surface area contributed by atoms with E-state index >= 15 is 0 Å². The van der Waals surface area contributed by atoms with E-state index in [1.165, 1.54) is 29.7 Å². The number of amides is 1. The van der Waals surface area contributed by atoms with Gasteiger partial charge in [-0.15, -0.1) is 11.3 Å². The molecule has 1 N–H and O–H groups in total. The Balaban J connectivity index is 1.91. The van der Waals surface area contributed by atoms with Crippen molar-refractivity contribution in [1.82, 2.24) is 5.43 Å². The van der Waals surface area contributed by atoms with Gasteiger partial charge >= 0.3 is 0 Å².